The van der Waals surface area contributed by atoms with Gasteiger partial charge in [0.1, 0.15) is 6.54 Å². The van der Waals surface area contributed by atoms with E-state index in [1.165, 1.54) is 4.90 Å². The Morgan fingerprint density at radius 2 is 1.71 bits per heavy atom. The van der Waals surface area contributed by atoms with Crippen molar-refractivity contribution in [2.75, 3.05) is 39.0 Å². The maximum Gasteiger partial charge on any atom is 0.322 e. The van der Waals surface area contributed by atoms with Crippen molar-refractivity contribution in [2.24, 2.45) is 5.92 Å². The van der Waals surface area contributed by atoms with E-state index in [1.807, 2.05) is 0 Å². The zero-order chi connectivity index (χ0) is 20.7. The van der Waals surface area contributed by atoms with Crippen LogP contribution in [-0.4, -0.2) is 72.5 Å². The lowest BCUT2D eigenvalue weighted by atomic mass is 9.96. The van der Waals surface area contributed by atoms with Gasteiger partial charge in [-0.05, 0) is 30.5 Å². The Hall–Kier alpha value is -3.10. The standard InChI is InChI=1S/C19H26N4O5/c1-22(2)19(28)23-9-7-14(8-10-23)18(27)21-15-5-3-13(4-6-15)11-16(24)20-12-17(25)26/h3-6,14H,7-12H2,1-2H3,(H,20,24)(H,21,27)(H,25,26). The summed E-state index contributed by atoms with van der Waals surface area (Å²) in [4.78, 5) is 49.7. The van der Waals surface area contributed by atoms with E-state index >= 15 is 0 Å². The van der Waals surface area contributed by atoms with Crippen molar-refractivity contribution < 1.29 is 24.3 Å². The average molecular weight is 390 g/mol. The summed E-state index contributed by atoms with van der Waals surface area (Å²) in [7, 11) is 3.42. The van der Waals surface area contributed by atoms with Gasteiger partial charge in [0, 0.05) is 38.8 Å². The van der Waals surface area contributed by atoms with E-state index in [4.69, 9.17) is 5.11 Å². The molecule has 1 saturated heterocycles. The number of aliphatic carboxylic acids is 1. The Bertz CT molecular complexity index is 724. The molecule has 0 aliphatic carbocycles. The molecule has 1 aromatic carbocycles. The van der Waals surface area contributed by atoms with E-state index in [-0.39, 0.29) is 30.2 Å². The highest BCUT2D eigenvalue weighted by Gasteiger charge is 2.28. The van der Waals surface area contributed by atoms with Crippen LogP contribution in [0.3, 0.4) is 0 Å². The molecule has 1 fully saturated rings. The van der Waals surface area contributed by atoms with E-state index < -0.39 is 12.5 Å². The van der Waals surface area contributed by atoms with Crippen molar-refractivity contribution in [3.63, 3.8) is 0 Å². The molecule has 0 radical (unpaired) electrons. The predicted octanol–water partition coefficient (Wildman–Crippen LogP) is 0.762. The molecule has 0 saturated carbocycles. The third-order valence-corrected chi connectivity index (χ3v) is 4.54. The SMILES string of the molecule is CN(C)C(=O)N1CCC(C(=O)Nc2ccc(CC(=O)NCC(=O)O)cc2)CC1. The summed E-state index contributed by atoms with van der Waals surface area (Å²) in [5.41, 5.74) is 1.35. The minimum Gasteiger partial charge on any atom is -0.480 e. The molecule has 1 aliphatic heterocycles. The van der Waals surface area contributed by atoms with Crippen LogP contribution in [0, 0.1) is 5.92 Å². The molecular weight excluding hydrogens is 364 g/mol. The third kappa shape index (κ3) is 6.26. The Morgan fingerprint density at radius 3 is 2.25 bits per heavy atom. The van der Waals surface area contributed by atoms with Crippen molar-refractivity contribution in [2.45, 2.75) is 19.3 Å². The number of urea groups is 1. The lowest BCUT2D eigenvalue weighted by molar-refractivity contribution is -0.137. The first-order valence-electron chi connectivity index (χ1n) is 9.10. The monoisotopic (exact) mass is 390 g/mol. The van der Waals surface area contributed by atoms with E-state index in [0.717, 1.165) is 5.56 Å². The first-order chi connectivity index (χ1) is 13.3. The largest absolute Gasteiger partial charge is 0.480 e. The smallest absolute Gasteiger partial charge is 0.322 e. The van der Waals surface area contributed by atoms with Gasteiger partial charge in [-0.3, -0.25) is 14.4 Å². The predicted molar refractivity (Wildman–Crippen MR) is 103 cm³/mol. The van der Waals surface area contributed by atoms with Crippen LogP contribution in [0.25, 0.3) is 0 Å². The van der Waals surface area contributed by atoms with Crippen molar-refractivity contribution in [3.8, 4) is 0 Å². The van der Waals surface area contributed by atoms with E-state index in [9.17, 15) is 19.2 Å². The van der Waals surface area contributed by atoms with Gasteiger partial charge in [-0.15, -0.1) is 0 Å². The molecule has 28 heavy (non-hydrogen) atoms. The van der Waals surface area contributed by atoms with E-state index in [2.05, 4.69) is 10.6 Å². The molecule has 0 spiro atoms. The fourth-order valence-electron chi connectivity index (χ4n) is 2.99. The molecule has 0 unspecified atom stereocenters. The highest BCUT2D eigenvalue weighted by Crippen LogP contribution is 2.20. The number of likely N-dealkylation sites (tertiary alicyclic amines) is 1. The van der Waals surface area contributed by atoms with Gasteiger partial charge in [-0.1, -0.05) is 12.1 Å². The number of piperidine rings is 1. The normalized spacial score (nSPS) is 14.3. The number of nitrogens with one attached hydrogen (secondary N) is 2. The number of carbonyl (C=O) groups is 4. The van der Waals surface area contributed by atoms with Gasteiger partial charge in [0.25, 0.3) is 0 Å². The van der Waals surface area contributed by atoms with E-state index in [0.29, 0.717) is 31.6 Å². The number of carbonyl (C=O) groups excluding carboxylic acids is 3. The topological polar surface area (TPSA) is 119 Å². The number of nitrogens with zero attached hydrogens (tertiary/aromatic N) is 2. The number of anilines is 1. The van der Waals surface area contributed by atoms with Crippen molar-refractivity contribution >= 4 is 29.5 Å². The lowest BCUT2D eigenvalue weighted by Crippen LogP contribution is -2.45. The van der Waals surface area contributed by atoms with Gasteiger partial charge >= 0.3 is 12.0 Å². The minimum absolute atomic E-state index is 0.0400. The molecule has 1 heterocycles. The Kier molecular flexibility index (Phi) is 7.36. The Morgan fingerprint density at radius 1 is 1.11 bits per heavy atom. The molecule has 2 rings (SSSR count). The molecular formula is C19H26N4O5. The second-order valence-corrected chi connectivity index (χ2v) is 6.97. The molecule has 3 N–H and O–H groups in total. The average Bonchev–Trinajstić information content (AvgIpc) is 2.67. The van der Waals surface area contributed by atoms with Crippen LogP contribution in [-0.2, 0) is 20.8 Å². The lowest BCUT2D eigenvalue weighted by Gasteiger charge is -2.33. The highest BCUT2D eigenvalue weighted by molar-refractivity contribution is 5.92. The van der Waals surface area contributed by atoms with Crippen LogP contribution < -0.4 is 10.6 Å². The summed E-state index contributed by atoms with van der Waals surface area (Å²) in [6, 6.07) is 6.81. The van der Waals surface area contributed by atoms with Crippen LogP contribution in [0.4, 0.5) is 10.5 Å². The number of rotatable bonds is 6. The summed E-state index contributed by atoms with van der Waals surface area (Å²) < 4.78 is 0. The van der Waals surface area contributed by atoms with Crippen LogP contribution in [0.2, 0.25) is 0 Å². The van der Waals surface area contributed by atoms with Gasteiger partial charge < -0.3 is 25.5 Å². The van der Waals surface area contributed by atoms with Gasteiger partial charge in [0.15, 0.2) is 0 Å². The van der Waals surface area contributed by atoms with Gasteiger partial charge in [0.05, 0.1) is 6.42 Å². The molecule has 152 valence electrons. The quantitative estimate of drug-likeness (QED) is 0.663. The zero-order valence-corrected chi connectivity index (χ0v) is 16.1. The summed E-state index contributed by atoms with van der Waals surface area (Å²) in [5, 5.41) is 13.7. The minimum atomic E-state index is -1.09. The number of hydrogen-bond acceptors (Lipinski definition) is 4. The number of benzene rings is 1. The molecule has 1 aliphatic rings. The number of carboxylic acid groups (broad SMARTS) is 1. The fraction of sp³-hybridized carbons (Fsp3) is 0.474. The van der Waals surface area contributed by atoms with Crippen LogP contribution >= 0.6 is 0 Å². The summed E-state index contributed by atoms with van der Waals surface area (Å²) in [6.45, 7) is 0.699. The first kappa shape index (κ1) is 21.2. The zero-order valence-electron chi connectivity index (χ0n) is 16.1. The van der Waals surface area contributed by atoms with Crippen LogP contribution in [0.1, 0.15) is 18.4 Å². The van der Waals surface area contributed by atoms with Crippen LogP contribution in [0.15, 0.2) is 24.3 Å². The third-order valence-electron chi connectivity index (χ3n) is 4.54. The maximum absolute atomic E-state index is 12.4. The van der Waals surface area contributed by atoms with Gasteiger partial charge in [0.2, 0.25) is 11.8 Å². The van der Waals surface area contributed by atoms with E-state index in [1.54, 1.807) is 43.3 Å². The second-order valence-electron chi connectivity index (χ2n) is 6.97. The van der Waals surface area contributed by atoms with Crippen molar-refractivity contribution in [1.82, 2.24) is 15.1 Å². The molecule has 4 amide bonds. The Balaban J connectivity index is 1.81. The van der Waals surface area contributed by atoms with Crippen molar-refractivity contribution in [3.05, 3.63) is 29.8 Å². The Labute approximate surface area is 163 Å². The fourth-order valence-corrected chi connectivity index (χ4v) is 2.99. The number of amides is 4. The van der Waals surface area contributed by atoms with Crippen LogP contribution in [0.5, 0.6) is 0 Å². The number of carboxylic acids is 1. The molecule has 0 atom stereocenters. The van der Waals surface area contributed by atoms with Gasteiger partial charge in [-0.25, -0.2) is 4.79 Å². The molecule has 0 aromatic heterocycles. The molecule has 1 aromatic rings. The molecule has 0 bridgehead atoms. The second kappa shape index (κ2) is 9.72. The summed E-state index contributed by atoms with van der Waals surface area (Å²) in [5.74, 6) is -1.70. The maximum atomic E-state index is 12.4. The first-order valence-corrected chi connectivity index (χ1v) is 9.10. The molecule has 9 nitrogen and oxygen atoms in total. The van der Waals surface area contributed by atoms with Gasteiger partial charge in [-0.2, -0.15) is 0 Å². The van der Waals surface area contributed by atoms with Crippen molar-refractivity contribution in [1.29, 1.82) is 0 Å². The molecule has 9 heteroatoms. The summed E-state index contributed by atoms with van der Waals surface area (Å²) >= 11 is 0. The summed E-state index contributed by atoms with van der Waals surface area (Å²) in [6.07, 6.45) is 1.31. The highest BCUT2D eigenvalue weighted by atomic mass is 16.4. The number of hydrogen-bond donors (Lipinski definition) is 3.